The van der Waals surface area contributed by atoms with Crippen LogP contribution in [0.25, 0.3) is 10.1 Å². The van der Waals surface area contributed by atoms with E-state index in [0.717, 1.165) is 13.0 Å². The maximum absolute atomic E-state index is 11.6. The topological polar surface area (TPSA) is 46.3 Å². The quantitative estimate of drug-likeness (QED) is 0.917. The standard InChI is InChI=1S/C14H16N2OS/c15-11-8-14(17)16(9-11)6-5-12-7-10-3-1-2-4-13(10)18-12/h1-4,7,11H,5-6,8-9,15H2. The van der Waals surface area contributed by atoms with E-state index < -0.39 is 0 Å². The Morgan fingerprint density at radius 3 is 2.94 bits per heavy atom. The molecule has 2 aromatic rings. The van der Waals surface area contributed by atoms with Crippen molar-refractivity contribution in [1.29, 1.82) is 0 Å². The number of nitrogens with zero attached hydrogens (tertiary/aromatic N) is 1. The first-order valence-corrected chi connectivity index (χ1v) is 7.05. The Kier molecular flexibility index (Phi) is 3.06. The van der Waals surface area contributed by atoms with Gasteiger partial charge in [-0.3, -0.25) is 4.79 Å². The molecule has 1 amide bonds. The van der Waals surface area contributed by atoms with E-state index in [-0.39, 0.29) is 11.9 Å². The van der Waals surface area contributed by atoms with Crippen molar-refractivity contribution < 1.29 is 4.79 Å². The number of hydrogen-bond acceptors (Lipinski definition) is 3. The number of benzene rings is 1. The highest BCUT2D eigenvalue weighted by atomic mass is 32.1. The Balaban J connectivity index is 1.68. The molecule has 0 bridgehead atoms. The van der Waals surface area contributed by atoms with Crippen molar-refractivity contribution in [3.63, 3.8) is 0 Å². The third-order valence-corrected chi connectivity index (χ3v) is 4.52. The number of thiophene rings is 1. The van der Waals surface area contributed by atoms with Gasteiger partial charge in [0.15, 0.2) is 0 Å². The molecule has 3 rings (SSSR count). The molecule has 0 aliphatic carbocycles. The third kappa shape index (κ3) is 2.26. The maximum atomic E-state index is 11.6. The van der Waals surface area contributed by atoms with Crippen LogP contribution in [0.2, 0.25) is 0 Å². The zero-order chi connectivity index (χ0) is 12.5. The fourth-order valence-electron chi connectivity index (χ4n) is 2.42. The van der Waals surface area contributed by atoms with Crippen LogP contribution in [0.15, 0.2) is 30.3 Å². The summed E-state index contributed by atoms with van der Waals surface area (Å²) in [6.45, 7) is 1.50. The molecule has 0 spiro atoms. The average molecular weight is 260 g/mol. The van der Waals surface area contributed by atoms with Crippen LogP contribution < -0.4 is 5.73 Å². The number of carbonyl (C=O) groups is 1. The second-order valence-electron chi connectivity index (χ2n) is 4.80. The first kappa shape index (κ1) is 11.7. The Labute approximate surface area is 110 Å². The van der Waals surface area contributed by atoms with Crippen molar-refractivity contribution >= 4 is 27.3 Å². The second-order valence-corrected chi connectivity index (χ2v) is 5.97. The number of hydrogen-bond donors (Lipinski definition) is 1. The lowest BCUT2D eigenvalue weighted by atomic mass is 10.2. The van der Waals surface area contributed by atoms with Crippen LogP contribution in [0.4, 0.5) is 0 Å². The lowest BCUT2D eigenvalue weighted by Gasteiger charge is -2.14. The SMILES string of the molecule is NC1CC(=O)N(CCc2cc3ccccc3s2)C1. The van der Waals surface area contributed by atoms with Crippen molar-refractivity contribution in [3.8, 4) is 0 Å². The minimum absolute atomic E-state index is 0.0277. The Bertz CT molecular complexity index is 545. The molecule has 1 aliphatic rings. The fraction of sp³-hybridized carbons (Fsp3) is 0.357. The van der Waals surface area contributed by atoms with Crippen LogP contribution in [0.3, 0.4) is 0 Å². The molecule has 3 nitrogen and oxygen atoms in total. The third-order valence-electron chi connectivity index (χ3n) is 3.35. The van der Waals surface area contributed by atoms with E-state index in [1.807, 2.05) is 16.2 Å². The van der Waals surface area contributed by atoms with E-state index >= 15 is 0 Å². The average Bonchev–Trinajstić information content (AvgIpc) is 2.89. The van der Waals surface area contributed by atoms with Crippen LogP contribution in [-0.2, 0) is 11.2 Å². The molecule has 2 heterocycles. The predicted octanol–water partition coefficient (Wildman–Crippen LogP) is 2.00. The van der Waals surface area contributed by atoms with E-state index in [9.17, 15) is 4.79 Å². The van der Waals surface area contributed by atoms with E-state index in [4.69, 9.17) is 5.73 Å². The molecule has 1 aliphatic heterocycles. The maximum Gasteiger partial charge on any atom is 0.224 e. The van der Waals surface area contributed by atoms with E-state index in [2.05, 4.69) is 30.3 Å². The highest BCUT2D eigenvalue weighted by Gasteiger charge is 2.26. The monoisotopic (exact) mass is 260 g/mol. The molecule has 0 saturated carbocycles. The zero-order valence-corrected chi connectivity index (χ0v) is 11.0. The van der Waals surface area contributed by atoms with Gasteiger partial charge in [0, 0.05) is 35.1 Å². The molecular formula is C14H16N2OS. The molecular weight excluding hydrogens is 244 g/mol. The minimum atomic E-state index is 0.0277. The largest absolute Gasteiger partial charge is 0.341 e. The Morgan fingerprint density at radius 2 is 2.22 bits per heavy atom. The van der Waals surface area contributed by atoms with Crippen molar-refractivity contribution in [1.82, 2.24) is 4.90 Å². The van der Waals surface area contributed by atoms with E-state index in [0.29, 0.717) is 13.0 Å². The summed E-state index contributed by atoms with van der Waals surface area (Å²) in [5.41, 5.74) is 5.79. The van der Waals surface area contributed by atoms with Gasteiger partial charge in [-0.1, -0.05) is 18.2 Å². The number of nitrogens with two attached hydrogens (primary N) is 1. The van der Waals surface area contributed by atoms with Crippen LogP contribution in [-0.4, -0.2) is 29.9 Å². The molecule has 94 valence electrons. The molecule has 4 heteroatoms. The summed E-state index contributed by atoms with van der Waals surface area (Å²) in [4.78, 5) is 14.8. The van der Waals surface area contributed by atoms with Gasteiger partial charge < -0.3 is 10.6 Å². The summed E-state index contributed by atoms with van der Waals surface area (Å²) < 4.78 is 1.32. The van der Waals surface area contributed by atoms with Gasteiger partial charge in [0.1, 0.15) is 0 Å². The molecule has 1 unspecified atom stereocenters. The van der Waals surface area contributed by atoms with Crippen LogP contribution in [0.1, 0.15) is 11.3 Å². The highest BCUT2D eigenvalue weighted by molar-refractivity contribution is 7.19. The molecule has 2 N–H and O–H groups in total. The Hall–Kier alpha value is -1.39. The van der Waals surface area contributed by atoms with Gasteiger partial charge in [-0.2, -0.15) is 0 Å². The molecule has 1 aromatic heterocycles. The zero-order valence-electron chi connectivity index (χ0n) is 10.1. The lowest BCUT2D eigenvalue weighted by molar-refractivity contribution is -0.127. The summed E-state index contributed by atoms with van der Waals surface area (Å²) in [5, 5.41) is 1.29. The molecule has 0 radical (unpaired) electrons. The number of fused-ring (bicyclic) bond motifs is 1. The summed E-state index contributed by atoms with van der Waals surface area (Å²) in [7, 11) is 0. The van der Waals surface area contributed by atoms with Gasteiger partial charge in [-0.25, -0.2) is 0 Å². The summed E-state index contributed by atoms with van der Waals surface area (Å²) in [6.07, 6.45) is 1.43. The summed E-state index contributed by atoms with van der Waals surface area (Å²) in [6, 6.07) is 10.6. The van der Waals surface area contributed by atoms with Gasteiger partial charge in [-0.15, -0.1) is 11.3 Å². The Morgan fingerprint density at radius 1 is 1.39 bits per heavy atom. The predicted molar refractivity (Wildman–Crippen MR) is 74.7 cm³/mol. The van der Waals surface area contributed by atoms with Gasteiger partial charge in [0.05, 0.1) is 0 Å². The van der Waals surface area contributed by atoms with E-state index in [1.54, 1.807) is 0 Å². The first-order valence-electron chi connectivity index (χ1n) is 6.23. The van der Waals surface area contributed by atoms with Crippen LogP contribution in [0.5, 0.6) is 0 Å². The fourth-order valence-corrected chi connectivity index (χ4v) is 3.48. The number of amides is 1. The van der Waals surface area contributed by atoms with Crippen LogP contribution >= 0.6 is 11.3 Å². The molecule has 1 atom stereocenters. The summed E-state index contributed by atoms with van der Waals surface area (Å²) >= 11 is 1.81. The van der Waals surface area contributed by atoms with Gasteiger partial charge in [-0.05, 0) is 23.9 Å². The molecule has 1 aromatic carbocycles. The number of rotatable bonds is 3. The van der Waals surface area contributed by atoms with Gasteiger partial charge in [0.2, 0.25) is 5.91 Å². The van der Waals surface area contributed by atoms with Gasteiger partial charge in [0.25, 0.3) is 0 Å². The number of likely N-dealkylation sites (tertiary alicyclic amines) is 1. The molecule has 18 heavy (non-hydrogen) atoms. The summed E-state index contributed by atoms with van der Waals surface area (Å²) in [5.74, 6) is 0.198. The smallest absolute Gasteiger partial charge is 0.224 e. The van der Waals surface area contributed by atoms with Crippen molar-refractivity contribution in [3.05, 3.63) is 35.2 Å². The normalized spacial score (nSPS) is 19.9. The van der Waals surface area contributed by atoms with Crippen LogP contribution in [0, 0.1) is 0 Å². The molecule has 1 fully saturated rings. The minimum Gasteiger partial charge on any atom is -0.341 e. The highest BCUT2D eigenvalue weighted by Crippen LogP contribution is 2.26. The van der Waals surface area contributed by atoms with Crippen molar-refractivity contribution in [2.75, 3.05) is 13.1 Å². The lowest BCUT2D eigenvalue weighted by Crippen LogP contribution is -2.29. The van der Waals surface area contributed by atoms with E-state index in [1.165, 1.54) is 15.0 Å². The van der Waals surface area contributed by atoms with Gasteiger partial charge >= 0.3 is 0 Å². The van der Waals surface area contributed by atoms with Crippen molar-refractivity contribution in [2.45, 2.75) is 18.9 Å². The second kappa shape index (κ2) is 4.71. The van der Waals surface area contributed by atoms with Crippen molar-refractivity contribution in [2.24, 2.45) is 5.73 Å². The molecule has 1 saturated heterocycles. The first-order chi connectivity index (χ1) is 8.72. The number of carbonyl (C=O) groups excluding carboxylic acids is 1.